The smallest absolute Gasteiger partial charge is 0.229 e. The van der Waals surface area contributed by atoms with Crippen molar-refractivity contribution in [1.82, 2.24) is 0 Å². The van der Waals surface area contributed by atoms with Gasteiger partial charge in [0.05, 0.1) is 17.1 Å². The number of carbonyl (C=O) groups excluding carboxylic acids is 1. The van der Waals surface area contributed by atoms with Gasteiger partial charge in [0.25, 0.3) is 0 Å². The first-order chi connectivity index (χ1) is 9.60. The molecule has 20 heavy (non-hydrogen) atoms. The lowest BCUT2D eigenvalue weighted by molar-refractivity contribution is -0.115. The Kier molecular flexibility index (Phi) is 4.60. The maximum absolute atomic E-state index is 11.9. The number of nitrogens with two attached hydrogens (primary N) is 1. The fourth-order valence-corrected chi connectivity index (χ4v) is 2.53. The second kappa shape index (κ2) is 6.40. The van der Waals surface area contributed by atoms with E-state index in [9.17, 15) is 4.79 Å². The summed E-state index contributed by atoms with van der Waals surface area (Å²) in [4.78, 5) is 12.8. The van der Waals surface area contributed by atoms with Gasteiger partial charge in [-0.05, 0) is 29.6 Å². The number of anilines is 1. The normalized spacial score (nSPS) is 11.3. The first kappa shape index (κ1) is 14.4. The topological polar surface area (TPSA) is 87.7 Å². The Hall–Kier alpha value is -2.05. The highest BCUT2D eigenvalue weighted by Crippen LogP contribution is 2.23. The molecule has 0 radical (unpaired) electrons. The second-order valence-electron chi connectivity index (χ2n) is 3.98. The molecule has 0 saturated carbocycles. The first-order valence-corrected chi connectivity index (χ1v) is 6.95. The quantitative estimate of drug-likeness (QED) is 0.351. The molecule has 0 atom stereocenters. The van der Waals surface area contributed by atoms with Crippen LogP contribution < -0.4 is 11.1 Å². The van der Waals surface area contributed by atoms with Crippen LogP contribution in [0.3, 0.4) is 0 Å². The first-order valence-electron chi connectivity index (χ1n) is 5.70. The van der Waals surface area contributed by atoms with Crippen LogP contribution in [0.4, 0.5) is 5.69 Å². The fourth-order valence-electron chi connectivity index (χ4n) is 1.60. The number of nitrogens with zero attached hydrogens (tertiary/aromatic N) is 1. The molecule has 0 spiro atoms. The van der Waals surface area contributed by atoms with Gasteiger partial charge in [0.1, 0.15) is 0 Å². The Balaban J connectivity index is 2.08. The standard InChI is InChI=1S/C13H12ClN3O2S/c14-10-6-8(13(15)17-19)3-4-11(10)16-12(18)7-9-2-1-5-20-9/h1-6,19H,7H2,(H2,15,17)(H,16,18). The third kappa shape index (κ3) is 3.49. The van der Waals surface area contributed by atoms with E-state index in [-0.39, 0.29) is 11.7 Å². The highest BCUT2D eigenvalue weighted by atomic mass is 35.5. The Morgan fingerprint density at radius 1 is 1.45 bits per heavy atom. The predicted octanol–water partition coefficient (Wildman–Crippen LogP) is 2.68. The number of carbonyl (C=O) groups is 1. The van der Waals surface area contributed by atoms with E-state index in [1.165, 1.54) is 17.4 Å². The van der Waals surface area contributed by atoms with Gasteiger partial charge in [-0.25, -0.2) is 0 Å². The molecule has 0 aliphatic carbocycles. The van der Waals surface area contributed by atoms with Gasteiger partial charge in [-0.3, -0.25) is 4.79 Å². The molecule has 2 aromatic rings. The van der Waals surface area contributed by atoms with Crippen molar-refractivity contribution in [2.45, 2.75) is 6.42 Å². The number of hydrogen-bond acceptors (Lipinski definition) is 4. The van der Waals surface area contributed by atoms with Gasteiger partial charge in [-0.2, -0.15) is 0 Å². The maximum Gasteiger partial charge on any atom is 0.229 e. The lowest BCUT2D eigenvalue weighted by Gasteiger charge is -2.08. The molecule has 2 rings (SSSR count). The molecule has 1 aromatic heterocycles. The van der Waals surface area contributed by atoms with E-state index < -0.39 is 0 Å². The third-order valence-corrected chi connectivity index (χ3v) is 3.75. The van der Waals surface area contributed by atoms with E-state index in [0.29, 0.717) is 22.7 Å². The maximum atomic E-state index is 11.9. The third-order valence-electron chi connectivity index (χ3n) is 2.56. The van der Waals surface area contributed by atoms with Crippen molar-refractivity contribution in [2.75, 3.05) is 5.32 Å². The van der Waals surface area contributed by atoms with Crippen LogP contribution >= 0.6 is 22.9 Å². The van der Waals surface area contributed by atoms with Gasteiger partial charge in [-0.1, -0.05) is 22.8 Å². The minimum absolute atomic E-state index is 0.0386. The number of amides is 1. The van der Waals surface area contributed by atoms with E-state index in [4.69, 9.17) is 22.5 Å². The minimum atomic E-state index is -0.147. The van der Waals surface area contributed by atoms with Crippen molar-refractivity contribution < 1.29 is 10.0 Å². The van der Waals surface area contributed by atoms with Crippen molar-refractivity contribution in [3.63, 3.8) is 0 Å². The molecule has 7 heteroatoms. The molecule has 0 saturated heterocycles. The SMILES string of the molecule is N/C(=N/O)c1ccc(NC(=O)Cc2cccs2)c(Cl)c1. The summed E-state index contributed by atoms with van der Waals surface area (Å²) < 4.78 is 0. The molecule has 1 heterocycles. The Morgan fingerprint density at radius 3 is 2.85 bits per heavy atom. The summed E-state index contributed by atoms with van der Waals surface area (Å²) in [6.07, 6.45) is 0.302. The highest BCUT2D eigenvalue weighted by Gasteiger charge is 2.09. The Morgan fingerprint density at radius 2 is 2.25 bits per heavy atom. The van der Waals surface area contributed by atoms with Crippen molar-refractivity contribution >= 4 is 40.4 Å². The number of thiophene rings is 1. The van der Waals surface area contributed by atoms with E-state index in [1.54, 1.807) is 12.1 Å². The molecule has 1 aromatic carbocycles. The number of rotatable bonds is 4. The molecule has 5 nitrogen and oxygen atoms in total. The van der Waals surface area contributed by atoms with Gasteiger partial charge in [0, 0.05) is 10.4 Å². The van der Waals surface area contributed by atoms with E-state index in [2.05, 4.69) is 10.5 Å². The number of amidine groups is 1. The molecule has 104 valence electrons. The van der Waals surface area contributed by atoms with Gasteiger partial charge in [0.2, 0.25) is 5.91 Å². The lowest BCUT2D eigenvalue weighted by Crippen LogP contribution is -2.15. The number of nitrogens with one attached hydrogen (secondary N) is 1. The van der Waals surface area contributed by atoms with Gasteiger partial charge >= 0.3 is 0 Å². The van der Waals surface area contributed by atoms with Crippen LogP contribution in [0, 0.1) is 0 Å². The highest BCUT2D eigenvalue weighted by molar-refractivity contribution is 7.10. The van der Waals surface area contributed by atoms with Crippen LogP contribution in [-0.4, -0.2) is 17.0 Å². The Labute approximate surface area is 124 Å². The van der Waals surface area contributed by atoms with E-state index in [0.717, 1.165) is 4.88 Å². The molecular formula is C13H12ClN3O2S. The summed E-state index contributed by atoms with van der Waals surface area (Å²) in [6.45, 7) is 0. The predicted molar refractivity (Wildman–Crippen MR) is 80.6 cm³/mol. The summed E-state index contributed by atoms with van der Waals surface area (Å²) in [6, 6.07) is 8.54. The van der Waals surface area contributed by atoms with Crippen LogP contribution in [-0.2, 0) is 11.2 Å². The molecule has 1 amide bonds. The molecule has 0 fully saturated rings. The van der Waals surface area contributed by atoms with Crippen molar-refractivity contribution in [3.8, 4) is 0 Å². The molecule has 0 bridgehead atoms. The van der Waals surface area contributed by atoms with Crippen LogP contribution in [0.1, 0.15) is 10.4 Å². The van der Waals surface area contributed by atoms with Gasteiger partial charge < -0.3 is 16.3 Å². The van der Waals surface area contributed by atoms with Crippen molar-refractivity contribution in [3.05, 3.63) is 51.2 Å². The second-order valence-corrected chi connectivity index (χ2v) is 5.42. The minimum Gasteiger partial charge on any atom is -0.409 e. The molecular weight excluding hydrogens is 298 g/mol. The lowest BCUT2D eigenvalue weighted by atomic mass is 10.2. The molecule has 0 aliphatic heterocycles. The van der Waals surface area contributed by atoms with E-state index in [1.807, 2.05) is 17.5 Å². The van der Waals surface area contributed by atoms with Crippen LogP contribution in [0.15, 0.2) is 40.9 Å². The number of halogens is 1. The van der Waals surface area contributed by atoms with Gasteiger partial charge in [-0.15, -0.1) is 11.3 Å². The molecule has 0 aliphatic rings. The average Bonchev–Trinajstić information content (AvgIpc) is 2.93. The van der Waals surface area contributed by atoms with Crippen molar-refractivity contribution in [2.24, 2.45) is 10.9 Å². The zero-order valence-electron chi connectivity index (χ0n) is 10.3. The summed E-state index contributed by atoms with van der Waals surface area (Å²) in [7, 11) is 0. The van der Waals surface area contributed by atoms with Crippen LogP contribution in [0.2, 0.25) is 5.02 Å². The Bertz CT molecular complexity index is 641. The molecule has 0 unspecified atom stereocenters. The van der Waals surface area contributed by atoms with E-state index >= 15 is 0 Å². The summed E-state index contributed by atoms with van der Waals surface area (Å²) >= 11 is 7.57. The zero-order valence-corrected chi connectivity index (χ0v) is 11.9. The summed E-state index contributed by atoms with van der Waals surface area (Å²) in [5, 5.41) is 16.4. The zero-order chi connectivity index (χ0) is 14.5. The summed E-state index contributed by atoms with van der Waals surface area (Å²) in [5.41, 5.74) is 6.43. The van der Waals surface area contributed by atoms with Gasteiger partial charge in [0.15, 0.2) is 5.84 Å². The average molecular weight is 310 g/mol. The number of oxime groups is 1. The van der Waals surface area contributed by atoms with Crippen molar-refractivity contribution in [1.29, 1.82) is 0 Å². The monoisotopic (exact) mass is 309 g/mol. The summed E-state index contributed by atoms with van der Waals surface area (Å²) in [5.74, 6) is -0.186. The van der Waals surface area contributed by atoms with Crippen LogP contribution in [0.5, 0.6) is 0 Å². The fraction of sp³-hybridized carbons (Fsp3) is 0.0769. The number of benzene rings is 1. The largest absolute Gasteiger partial charge is 0.409 e. The van der Waals surface area contributed by atoms with Crippen LogP contribution in [0.25, 0.3) is 0 Å². The number of hydrogen-bond donors (Lipinski definition) is 3. The molecule has 4 N–H and O–H groups in total.